The van der Waals surface area contributed by atoms with Crippen LogP contribution in [0.25, 0.3) is 0 Å². The second-order valence-corrected chi connectivity index (χ2v) is 6.49. The molecular formula is C16H22N6OS. The molecule has 2 amide bonds. The normalized spacial score (nSPS) is 15.3. The largest absolute Gasteiger partial charge is 0.354 e. The molecule has 0 spiro atoms. The van der Waals surface area contributed by atoms with E-state index in [0.717, 1.165) is 44.1 Å². The van der Waals surface area contributed by atoms with Crippen molar-refractivity contribution in [3.05, 3.63) is 35.5 Å². The molecular weight excluding hydrogens is 324 g/mol. The molecule has 2 aromatic rings. The van der Waals surface area contributed by atoms with E-state index < -0.39 is 0 Å². The molecule has 8 heteroatoms. The van der Waals surface area contributed by atoms with E-state index in [-0.39, 0.29) is 6.03 Å². The zero-order valence-electron chi connectivity index (χ0n) is 13.7. The molecule has 0 atom stereocenters. The second-order valence-electron chi connectivity index (χ2n) is 5.59. The van der Waals surface area contributed by atoms with E-state index in [1.54, 1.807) is 6.20 Å². The van der Waals surface area contributed by atoms with E-state index in [0.29, 0.717) is 11.7 Å². The molecule has 3 heterocycles. The zero-order valence-corrected chi connectivity index (χ0v) is 14.6. The Morgan fingerprint density at radius 1 is 1.25 bits per heavy atom. The molecule has 0 aromatic carbocycles. The smallest absolute Gasteiger partial charge is 0.321 e. The second kappa shape index (κ2) is 8.07. The fraction of sp³-hybridized carbons (Fsp3) is 0.438. The predicted octanol–water partition coefficient (Wildman–Crippen LogP) is 2.00. The van der Waals surface area contributed by atoms with Crippen molar-refractivity contribution in [2.75, 3.05) is 42.9 Å². The third-order valence-electron chi connectivity index (χ3n) is 4.06. The Kier molecular flexibility index (Phi) is 5.60. The van der Waals surface area contributed by atoms with Crippen LogP contribution in [-0.2, 0) is 6.54 Å². The average molecular weight is 346 g/mol. The number of aromatic nitrogens is 2. The number of urea groups is 1. The minimum atomic E-state index is -0.260. The van der Waals surface area contributed by atoms with Crippen LogP contribution in [0, 0.1) is 0 Å². The lowest BCUT2D eigenvalue weighted by molar-refractivity contribution is 0.251. The number of amides is 2. The molecule has 0 bridgehead atoms. The third-order valence-corrected chi connectivity index (χ3v) is 4.75. The number of anilines is 2. The summed E-state index contributed by atoms with van der Waals surface area (Å²) in [5.41, 5.74) is 0.972. The highest BCUT2D eigenvalue weighted by atomic mass is 32.1. The van der Waals surface area contributed by atoms with E-state index in [1.807, 2.05) is 23.7 Å². The summed E-state index contributed by atoms with van der Waals surface area (Å²) >= 11 is 1.39. The van der Waals surface area contributed by atoms with Gasteiger partial charge < -0.3 is 15.1 Å². The Bertz CT molecular complexity index is 637. The fourth-order valence-corrected chi connectivity index (χ4v) is 3.13. The topological polar surface area (TPSA) is 73.4 Å². The summed E-state index contributed by atoms with van der Waals surface area (Å²) in [7, 11) is 0. The lowest BCUT2D eigenvalue weighted by Crippen LogP contribution is -2.46. The first-order chi connectivity index (χ1) is 11.7. The van der Waals surface area contributed by atoms with Crippen molar-refractivity contribution in [3.63, 3.8) is 0 Å². The highest BCUT2D eigenvalue weighted by Crippen LogP contribution is 2.14. The zero-order chi connectivity index (χ0) is 16.8. The number of rotatable bonds is 5. The quantitative estimate of drug-likeness (QED) is 0.866. The number of carbonyl (C=O) groups excluding carboxylic acids is 1. The van der Waals surface area contributed by atoms with Crippen molar-refractivity contribution >= 4 is 28.3 Å². The molecule has 1 saturated heterocycles. The van der Waals surface area contributed by atoms with E-state index in [9.17, 15) is 4.79 Å². The van der Waals surface area contributed by atoms with Crippen molar-refractivity contribution in [3.8, 4) is 0 Å². The molecule has 128 valence electrons. The number of likely N-dealkylation sites (N-methyl/N-ethyl adjacent to an activating group) is 1. The first-order valence-electron chi connectivity index (χ1n) is 8.11. The molecule has 0 saturated carbocycles. The molecule has 3 rings (SSSR count). The van der Waals surface area contributed by atoms with Crippen molar-refractivity contribution in [2.45, 2.75) is 13.5 Å². The SMILES string of the molecule is CCN1CCN(c2ccc(CNC(=O)Nc3nccs3)cn2)CC1. The van der Waals surface area contributed by atoms with Crippen LogP contribution in [0.5, 0.6) is 0 Å². The van der Waals surface area contributed by atoms with E-state index in [2.05, 4.69) is 37.3 Å². The number of piperazine rings is 1. The molecule has 0 unspecified atom stereocenters. The number of pyridine rings is 1. The van der Waals surface area contributed by atoms with Crippen LogP contribution in [0.2, 0.25) is 0 Å². The minimum absolute atomic E-state index is 0.260. The van der Waals surface area contributed by atoms with Gasteiger partial charge in [0.25, 0.3) is 0 Å². The first kappa shape index (κ1) is 16.7. The number of nitrogens with zero attached hydrogens (tertiary/aromatic N) is 4. The predicted molar refractivity (Wildman–Crippen MR) is 96.5 cm³/mol. The number of hydrogen-bond donors (Lipinski definition) is 2. The maximum atomic E-state index is 11.8. The highest BCUT2D eigenvalue weighted by Gasteiger charge is 2.16. The molecule has 2 aromatic heterocycles. The lowest BCUT2D eigenvalue weighted by Gasteiger charge is -2.34. The van der Waals surface area contributed by atoms with Gasteiger partial charge in [-0.05, 0) is 18.2 Å². The van der Waals surface area contributed by atoms with Gasteiger partial charge in [0, 0.05) is 50.5 Å². The van der Waals surface area contributed by atoms with Gasteiger partial charge in [0.05, 0.1) is 0 Å². The van der Waals surface area contributed by atoms with Crippen LogP contribution in [-0.4, -0.2) is 53.6 Å². The summed E-state index contributed by atoms with van der Waals surface area (Å²) in [6.45, 7) is 7.92. The summed E-state index contributed by atoms with van der Waals surface area (Å²) in [6.07, 6.45) is 3.48. The Balaban J connectivity index is 1.47. The highest BCUT2D eigenvalue weighted by molar-refractivity contribution is 7.13. The van der Waals surface area contributed by atoms with Gasteiger partial charge in [-0.15, -0.1) is 11.3 Å². The van der Waals surface area contributed by atoms with Gasteiger partial charge in [0.1, 0.15) is 5.82 Å². The van der Waals surface area contributed by atoms with Gasteiger partial charge in [0.15, 0.2) is 5.13 Å². The van der Waals surface area contributed by atoms with Gasteiger partial charge in [-0.1, -0.05) is 13.0 Å². The summed E-state index contributed by atoms with van der Waals surface area (Å²) < 4.78 is 0. The van der Waals surface area contributed by atoms with Crippen LogP contribution in [0.1, 0.15) is 12.5 Å². The first-order valence-corrected chi connectivity index (χ1v) is 8.99. The standard InChI is InChI=1S/C16H22N6OS/c1-2-21-6-8-22(9-7-21)14-4-3-13(11-18-14)12-19-15(23)20-16-17-5-10-24-16/h3-5,10-11H,2,6-9,12H2,1H3,(H2,17,19,20,23). The van der Waals surface area contributed by atoms with Crippen LogP contribution < -0.4 is 15.5 Å². The molecule has 1 aliphatic heterocycles. The van der Waals surface area contributed by atoms with Crippen LogP contribution in [0.3, 0.4) is 0 Å². The van der Waals surface area contributed by atoms with E-state index in [1.165, 1.54) is 11.3 Å². The van der Waals surface area contributed by atoms with Gasteiger partial charge in [0.2, 0.25) is 0 Å². The van der Waals surface area contributed by atoms with Gasteiger partial charge >= 0.3 is 6.03 Å². The molecule has 24 heavy (non-hydrogen) atoms. The Labute approximate surface area is 145 Å². The van der Waals surface area contributed by atoms with Crippen molar-refractivity contribution in [2.24, 2.45) is 0 Å². The number of thiazole rings is 1. The van der Waals surface area contributed by atoms with Gasteiger partial charge in [-0.3, -0.25) is 5.32 Å². The number of hydrogen-bond acceptors (Lipinski definition) is 6. The minimum Gasteiger partial charge on any atom is -0.354 e. The summed E-state index contributed by atoms with van der Waals surface area (Å²) in [5, 5.41) is 7.90. The molecule has 7 nitrogen and oxygen atoms in total. The lowest BCUT2D eigenvalue weighted by atomic mass is 10.2. The van der Waals surface area contributed by atoms with Crippen LogP contribution in [0.4, 0.5) is 15.7 Å². The Morgan fingerprint density at radius 3 is 2.71 bits per heavy atom. The van der Waals surface area contributed by atoms with Crippen molar-refractivity contribution in [1.29, 1.82) is 0 Å². The molecule has 1 aliphatic rings. The van der Waals surface area contributed by atoms with Gasteiger partial charge in [-0.25, -0.2) is 14.8 Å². The fourth-order valence-electron chi connectivity index (χ4n) is 2.61. The number of carbonyl (C=O) groups is 1. The van der Waals surface area contributed by atoms with E-state index in [4.69, 9.17) is 0 Å². The van der Waals surface area contributed by atoms with Crippen molar-refractivity contribution < 1.29 is 4.79 Å². The molecule has 0 radical (unpaired) electrons. The van der Waals surface area contributed by atoms with Crippen molar-refractivity contribution in [1.82, 2.24) is 20.2 Å². The maximum Gasteiger partial charge on any atom is 0.321 e. The monoisotopic (exact) mass is 346 g/mol. The van der Waals surface area contributed by atoms with Crippen LogP contribution >= 0.6 is 11.3 Å². The van der Waals surface area contributed by atoms with Crippen LogP contribution in [0.15, 0.2) is 29.9 Å². The molecule has 0 aliphatic carbocycles. The Morgan fingerprint density at radius 2 is 2.08 bits per heavy atom. The Hall–Kier alpha value is -2.19. The third kappa shape index (κ3) is 4.42. The molecule has 1 fully saturated rings. The van der Waals surface area contributed by atoms with E-state index >= 15 is 0 Å². The maximum absolute atomic E-state index is 11.8. The summed E-state index contributed by atoms with van der Waals surface area (Å²) in [5.74, 6) is 1.00. The summed E-state index contributed by atoms with van der Waals surface area (Å²) in [6, 6.07) is 3.78. The molecule has 2 N–H and O–H groups in total. The number of nitrogens with one attached hydrogen (secondary N) is 2. The summed E-state index contributed by atoms with van der Waals surface area (Å²) in [4.78, 5) is 25.1. The van der Waals surface area contributed by atoms with Gasteiger partial charge in [-0.2, -0.15) is 0 Å². The average Bonchev–Trinajstić information content (AvgIpc) is 3.13.